The minimum atomic E-state index is 1.30. The number of rotatable bonds is 3. The van der Waals surface area contributed by atoms with Crippen molar-refractivity contribution in [3.05, 3.63) is 59.7 Å². The molecule has 16 heavy (non-hydrogen) atoms. The van der Waals surface area contributed by atoms with E-state index in [2.05, 4.69) is 56.3 Å². The molecule has 2 aromatic carbocycles. The lowest BCUT2D eigenvalue weighted by molar-refractivity contribution is 1.22. The Morgan fingerprint density at radius 3 is 1.94 bits per heavy atom. The zero-order valence-electron chi connectivity index (χ0n) is 9.44. The zero-order chi connectivity index (χ0) is 11.4. The Balaban J connectivity index is 2.11. The van der Waals surface area contributed by atoms with E-state index in [0.717, 1.165) is 0 Å². The summed E-state index contributed by atoms with van der Waals surface area (Å²) in [5.74, 6) is 0. The Morgan fingerprint density at radius 1 is 0.688 bits per heavy atom. The lowest BCUT2D eigenvalue weighted by Crippen LogP contribution is -1.82. The molecule has 82 valence electrons. The van der Waals surface area contributed by atoms with Crippen molar-refractivity contribution in [2.45, 2.75) is 23.6 Å². The van der Waals surface area contributed by atoms with Crippen LogP contribution >= 0.6 is 21.6 Å². The smallest absolute Gasteiger partial charge is 0.0244 e. The van der Waals surface area contributed by atoms with Crippen molar-refractivity contribution in [1.29, 1.82) is 0 Å². The number of hydrogen-bond acceptors (Lipinski definition) is 2. The molecule has 0 heterocycles. The Hall–Kier alpha value is -0.860. The van der Waals surface area contributed by atoms with E-state index in [-0.39, 0.29) is 0 Å². The summed E-state index contributed by atoms with van der Waals surface area (Å²) in [5.41, 5.74) is 2.71. The second kappa shape index (κ2) is 5.46. The van der Waals surface area contributed by atoms with Crippen LogP contribution in [0.5, 0.6) is 0 Å². The number of aryl methyl sites for hydroxylation is 2. The summed E-state index contributed by atoms with van der Waals surface area (Å²) in [4.78, 5) is 2.69. The van der Waals surface area contributed by atoms with Gasteiger partial charge < -0.3 is 0 Å². The molecule has 0 atom stereocenters. The van der Waals surface area contributed by atoms with Crippen molar-refractivity contribution in [2.24, 2.45) is 0 Å². The van der Waals surface area contributed by atoms with Gasteiger partial charge in [-0.05, 0) is 37.1 Å². The zero-order valence-corrected chi connectivity index (χ0v) is 11.1. The van der Waals surface area contributed by atoms with E-state index >= 15 is 0 Å². The first-order chi connectivity index (χ1) is 7.77. The molecule has 0 aliphatic rings. The molecular weight excluding hydrogens is 232 g/mol. The van der Waals surface area contributed by atoms with Gasteiger partial charge in [0.05, 0.1) is 0 Å². The maximum atomic E-state index is 2.17. The second-order valence-electron chi connectivity index (χ2n) is 3.70. The molecule has 2 heteroatoms. The third kappa shape index (κ3) is 2.83. The predicted octanol–water partition coefficient (Wildman–Crippen LogP) is 5.10. The third-order valence-electron chi connectivity index (χ3n) is 2.37. The summed E-state index contributed by atoms with van der Waals surface area (Å²) in [6.07, 6.45) is 0. The van der Waals surface area contributed by atoms with E-state index in [4.69, 9.17) is 0 Å². The molecule has 0 aliphatic heterocycles. The first-order valence-corrected chi connectivity index (χ1v) is 7.38. The summed E-state index contributed by atoms with van der Waals surface area (Å²) >= 11 is 0. The van der Waals surface area contributed by atoms with Gasteiger partial charge in [0.15, 0.2) is 0 Å². The average molecular weight is 246 g/mol. The highest BCUT2D eigenvalue weighted by Gasteiger charge is 2.03. The minimum Gasteiger partial charge on any atom is -0.0622 e. The van der Waals surface area contributed by atoms with Gasteiger partial charge in [-0.1, -0.05) is 58.0 Å². The molecule has 0 aromatic heterocycles. The molecule has 0 saturated heterocycles. The summed E-state index contributed by atoms with van der Waals surface area (Å²) in [6.45, 7) is 4.34. The SMILES string of the molecule is Cc1cccc(C)c1SSc1ccccc1. The van der Waals surface area contributed by atoms with Crippen LogP contribution in [0.2, 0.25) is 0 Å². The summed E-state index contributed by atoms with van der Waals surface area (Å²) in [5, 5.41) is 0. The Kier molecular flexibility index (Phi) is 3.97. The van der Waals surface area contributed by atoms with Crippen LogP contribution in [-0.2, 0) is 0 Å². The van der Waals surface area contributed by atoms with Gasteiger partial charge in [-0.2, -0.15) is 0 Å². The Morgan fingerprint density at radius 2 is 1.31 bits per heavy atom. The van der Waals surface area contributed by atoms with Gasteiger partial charge in [0, 0.05) is 9.79 Å². The van der Waals surface area contributed by atoms with Crippen molar-refractivity contribution in [3.63, 3.8) is 0 Å². The fourth-order valence-corrected chi connectivity index (χ4v) is 4.00. The molecule has 2 aromatic rings. The quantitative estimate of drug-likeness (QED) is 0.691. The summed E-state index contributed by atoms with van der Waals surface area (Å²) < 4.78 is 0. The highest BCUT2D eigenvalue weighted by molar-refractivity contribution is 8.76. The fraction of sp³-hybridized carbons (Fsp3) is 0.143. The van der Waals surface area contributed by atoms with Crippen LogP contribution in [0.1, 0.15) is 11.1 Å². The van der Waals surface area contributed by atoms with Crippen molar-refractivity contribution in [2.75, 3.05) is 0 Å². The standard InChI is InChI=1S/C14H14S2/c1-11-7-6-8-12(2)14(11)16-15-13-9-4-3-5-10-13/h3-10H,1-2H3. The molecule has 0 saturated carbocycles. The fourth-order valence-electron chi connectivity index (χ4n) is 1.50. The van der Waals surface area contributed by atoms with Gasteiger partial charge in [0.2, 0.25) is 0 Å². The van der Waals surface area contributed by atoms with Crippen molar-refractivity contribution in [1.82, 2.24) is 0 Å². The lowest BCUT2D eigenvalue weighted by atomic mass is 10.2. The molecule has 0 N–H and O–H groups in total. The van der Waals surface area contributed by atoms with Crippen LogP contribution in [0.25, 0.3) is 0 Å². The third-order valence-corrected chi connectivity index (χ3v) is 5.06. The Labute approximate surface area is 105 Å². The molecule has 0 aliphatic carbocycles. The van der Waals surface area contributed by atoms with Gasteiger partial charge >= 0.3 is 0 Å². The second-order valence-corrected chi connectivity index (χ2v) is 5.91. The van der Waals surface area contributed by atoms with Gasteiger partial charge in [0.25, 0.3) is 0 Å². The summed E-state index contributed by atoms with van der Waals surface area (Å²) in [6, 6.07) is 16.9. The Bertz CT molecular complexity index is 443. The predicted molar refractivity (Wildman–Crippen MR) is 74.1 cm³/mol. The molecule has 0 nitrogen and oxygen atoms in total. The maximum absolute atomic E-state index is 2.17. The molecular formula is C14H14S2. The normalized spacial score (nSPS) is 10.4. The number of hydrogen-bond donors (Lipinski definition) is 0. The summed E-state index contributed by atoms with van der Waals surface area (Å²) in [7, 11) is 3.66. The van der Waals surface area contributed by atoms with E-state index in [9.17, 15) is 0 Å². The molecule has 0 unspecified atom stereocenters. The molecule has 0 amide bonds. The minimum absolute atomic E-state index is 1.30. The first-order valence-electron chi connectivity index (χ1n) is 5.23. The van der Waals surface area contributed by atoms with E-state index in [0.29, 0.717) is 0 Å². The maximum Gasteiger partial charge on any atom is 0.0244 e. The molecule has 0 radical (unpaired) electrons. The van der Waals surface area contributed by atoms with Crippen LogP contribution in [-0.4, -0.2) is 0 Å². The average Bonchev–Trinajstić information content (AvgIpc) is 2.30. The van der Waals surface area contributed by atoms with Gasteiger partial charge in [-0.15, -0.1) is 0 Å². The lowest BCUT2D eigenvalue weighted by Gasteiger charge is -2.07. The van der Waals surface area contributed by atoms with Gasteiger partial charge in [-0.25, -0.2) is 0 Å². The monoisotopic (exact) mass is 246 g/mol. The van der Waals surface area contributed by atoms with Crippen molar-refractivity contribution >= 4 is 21.6 Å². The largest absolute Gasteiger partial charge is 0.0622 e. The molecule has 0 fully saturated rings. The van der Waals surface area contributed by atoms with Gasteiger partial charge in [-0.3, -0.25) is 0 Å². The topological polar surface area (TPSA) is 0 Å². The van der Waals surface area contributed by atoms with E-state index < -0.39 is 0 Å². The highest BCUT2D eigenvalue weighted by Crippen LogP contribution is 2.40. The van der Waals surface area contributed by atoms with Crippen molar-refractivity contribution < 1.29 is 0 Å². The van der Waals surface area contributed by atoms with E-state index in [1.165, 1.54) is 20.9 Å². The van der Waals surface area contributed by atoms with E-state index in [1.54, 1.807) is 0 Å². The van der Waals surface area contributed by atoms with E-state index in [1.807, 2.05) is 27.7 Å². The van der Waals surface area contributed by atoms with Crippen molar-refractivity contribution in [3.8, 4) is 0 Å². The molecule has 0 spiro atoms. The first kappa shape index (κ1) is 11.6. The van der Waals surface area contributed by atoms with Crippen LogP contribution in [0, 0.1) is 13.8 Å². The van der Waals surface area contributed by atoms with Crippen LogP contribution in [0.3, 0.4) is 0 Å². The van der Waals surface area contributed by atoms with Gasteiger partial charge in [0.1, 0.15) is 0 Å². The highest BCUT2D eigenvalue weighted by atomic mass is 33.1. The van der Waals surface area contributed by atoms with Crippen LogP contribution < -0.4 is 0 Å². The molecule has 0 bridgehead atoms. The number of benzene rings is 2. The molecule has 2 rings (SSSR count). The van der Waals surface area contributed by atoms with Crippen LogP contribution in [0.15, 0.2) is 58.3 Å². The van der Waals surface area contributed by atoms with Crippen LogP contribution in [0.4, 0.5) is 0 Å².